The summed E-state index contributed by atoms with van der Waals surface area (Å²) < 4.78 is 5.43. The van der Waals surface area contributed by atoms with Crippen molar-refractivity contribution in [2.45, 2.75) is 32.6 Å². The Balaban J connectivity index is 1.62. The summed E-state index contributed by atoms with van der Waals surface area (Å²) in [5.74, 6) is 6.97. The van der Waals surface area contributed by atoms with Crippen LogP contribution in [0.2, 0.25) is 0 Å². The second kappa shape index (κ2) is 7.23. The number of aromatic nitrogens is 3. The highest BCUT2D eigenvalue weighted by Gasteiger charge is 2.15. The zero-order chi connectivity index (χ0) is 17.9. The van der Waals surface area contributed by atoms with Gasteiger partial charge in [0.15, 0.2) is 0 Å². The Bertz CT molecular complexity index is 994. The summed E-state index contributed by atoms with van der Waals surface area (Å²) in [6.45, 7) is 5.66. The van der Waals surface area contributed by atoms with Crippen LogP contribution in [0.25, 0.3) is 10.8 Å². The molecule has 1 saturated heterocycles. The van der Waals surface area contributed by atoms with E-state index in [1.165, 1.54) is 5.56 Å². The molecule has 0 spiro atoms. The van der Waals surface area contributed by atoms with Gasteiger partial charge in [-0.2, -0.15) is 0 Å². The van der Waals surface area contributed by atoms with Crippen molar-refractivity contribution in [3.05, 3.63) is 65.0 Å². The van der Waals surface area contributed by atoms with Gasteiger partial charge in [-0.1, -0.05) is 12.0 Å². The minimum absolute atomic E-state index is 0.555. The standard InChI is InChI=1S/C22H21N3O/c1-15-11-21-19(13-24-16(2)22(21)14-23-15)4-6-20-5-3-18(12-25-20)17-7-9-26-10-8-17/h3,5,11-14,17H,7-10H2,1-2H3. The average molecular weight is 343 g/mol. The summed E-state index contributed by atoms with van der Waals surface area (Å²) in [6.07, 6.45) is 7.81. The number of hydrogen-bond donors (Lipinski definition) is 0. The van der Waals surface area contributed by atoms with Gasteiger partial charge in [0.1, 0.15) is 5.69 Å². The lowest BCUT2D eigenvalue weighted by Crippen LogP contribution is -2.14. The van der Waals surface area contributed by atoms with E-state index in [0.29, 0.717) is 5.92 Å². The predicted molar refractivity (Wildman–Crippen MR) is 102 cm³/mol. The van der Waals surface area contributed by atoms with Crippen LogP contribution in [0.15, 0.2) is 36.8 Å². The fraction of sp³-hybridized carbons (Fsp3) is 0.318. The molecule has 0 amide bonds. The lowest BCUT2D eigenvalue weighted by atomic mass is 9.93. The van der Waals surface area contributed by atoms with Crippen molar-refractivity contribution in [3.63, 3.8) is 0 Å². The molecule has 3 aromatic rings. The van der Waals surface area contributed by atoms with Crippen LogP contribution in [0.1, 0.15) is 47.0 Å². The van der Waals surface area contributed by atoms with E-state index >= 15 is 0 Å². The molecule has 130 valence electrons. The number of pyridine rings is 3. The zero-order valence-electron chi connectivity index (χ0n) is 15.1. The first kappa shape index (κ1) is 16.7. The van der Waals surface area contributed by atoms with Crippen molar-refractivity contribution >= 4 is 10.8 Å². The molecule has 0 aromatic carbocycles. The molecule has 4 nitrogen and oxygen atoms in total. The van der Waals surface area contributed by atoms with E-state index in [2.05, 4.69) is 38.9 Å². The fourth-order valence-corrected chi connectivity index (χ4v) is 3.35. The van der Waals surface area contributed by atoms with E-state index in [1.54, 1.807) is 0 Å². The van der Waals surface area contributed by atoms with Crippen LogP contribution < -0.4 is 0 Å². The van der Waals surface area contributed by atoms with E-state index in [0.717, 1.165) is 59.5 Å². The van der Waals surface area contributed by atoms with Crippen LogP contribution in [0, 0.1) is 25.7 Å². The van der Waals surface area contributed by atoms with Gasteiger partial charge in [-0.25, -0.2) is 4.98 Å². The molecule has 1 fully saturated rings. The normalized spacial score (nSPS) is 14.8. The molecule has 0 atom stereocenters. The molecular weight excluding hydrogens is 322 g/mol. The van der Waals surface area contributed by atoms with E-state index in [-0.39, 0.29) is 0 Å². The monoisotopic (exact) mass is 343 g/mol. The van der Waals surface area contributed by atoms with Crippen LogP contribution in [-0.2, 0) is 4.74 Å². The van der Waals surface area contributed by atoms with Crippen LogP contribution >= 0.6 is 0 Å². The molecule has 0 bridgehead atoms. The van der Waals surface area contributed by atoms with Crippen molar-refractivity contribution in [2.75, 3.05) is 13.2 Å². The lowest BCUT2D eigenvalue weighted by Gasteiger charge is -2.21. The average Bonchev–Trinajstić information content (AvgIpc) is 2.68. The Kier molecular flexibility index (Phi) is 4.64. The van der Waals surface area contributed by atoms with Gasteiger partial charge in [-0.15, -0.1) is 0 Å². The second-order valence-corrected chi connectivity index (χ2v) is 6.74. The lowest BCUT2D eigenvalue weighted by molar-refractivity contribution is 0.0853. The van der Waals surface area contributed by atoms with Crippen molar-refractivity contribution in [1.29, 1.82) is 0 Å². The summed E-state index contributed by atoms with van der Waals surface area (Å²) in [6, 6.07) is 6.22. The molecule has 0 radical (unpaired) electrons. The SMILES string of the molecule is Cc1cc2c(C#Cc3ccc(C4CCOCC4)cn3)cnc(C)c2cn1. The van der Waals surface area contributed by atoms with E-state index in [1.807, 2.05) is 38.5 Å². The van der Waals surface area contributed by atoms with Gasteiger partial charge in [0.2, 0.25) is 0 Å². The molecule has 4 rings (SSSR count). The van der Waals surface area contributed by atoms with Gasteiger partial charge < -0.3 is 4.74 Å². The van der Waals surface area contributed by atoms with Crippen molar-refractivity contribution in [3.8, 4) is 11.8 Å². The minimum atomic E-state index is 0.555. The molecular formula is C22H21N3O. The van der Waals surface area contributed by atoms with E-state index in [9.17, 15) is 0 Å². The van der Waals surface area contributed by atoms with Crippen LogP contribution in [0.5, 0.6) is 0 Å². The molecule has 0 N–H and O–H groups in total. The summed E-state index contributed by atoms with van der Waals surface area (Å²) in [5.41, 5.74) is 4.91. The number of nitrogens with zero attached hydrogens (tertiary/aromatic N) is 3. The van der Waals surface area contributed by atoms with Crippen molar-refractivity contribution in [1.82, 2.24) is 15.0 Å². The van der Waals surface area contributed by atoms with Gasteiger partial charge in [-0.3, -0.25) is 9.97 Å². The highest BCUT2D eigenvalue weighted by Crippen LogP contribution is 2.26. The zero-order valence-corrected chi connectivity index (χ0v) is 15.1. The van der Waals surface area contributed by atoms with Gasteiger partial charge >= 0.3 is 0 Å². The fourth-order valence-electron chi connectivity index (χ4n) is 3.35. The molecule has 4 heteroatoms. The number of aryl methyl sites for hydroxylation is 2. The molecule has 4 heterocycles. The number of ether oxygens (including phenoxy) is 1. The van der Waals surface area contributed by atoms with Crippen molar-refractivity contribution in [2.24, 2.45) is 0 Å². The van der Waals surface area contributed by atoms with Gasteiger partial charge in [0.05, 0.1) is 5.56 Å². The first-order valence-electron chi connectivity index (χ1n) is 8.98. The van der Waals surface area contributed by atoms with Crippen LogP contribution in [0.3, 0.4) is 0 Å². The largest absolute Gasteiger partial charge is 0.381 e. The smallest absolute Gasteiger partial charge is 0.113 e. The maximum Gasteiger partial charge on any atom is 0.113 e. The predicted octanol–water partition coefficient (Wildman–Crippen LogP) is 3.94. The Morgan fingerprint density at radius 2 is 1.77 bits per heavy atom. The summed E-state index contributed by atoms with van der Waals surface area (Å²) in [7, 11) is 0. The molecule has 1 aliphatic rings. The summed E-state index contributed by atoms with van der Waals surface area (Å²) >= 11 is 0. The van der Waals surface area contributed by atoms with Gasteiger partial charge in [0, 0.05) is 54.0 Å². The maximum atomic E-state index is 5.43. The van der Waals surface area contributed by atoms with E-state index in [4.69, 9.17) is 4.74 Å². The third-order valence-corrected chi connectivity index (χ3v) is 4.91. The molecule has 0 aliphatic carbocycles. The van der Waals surface area contributed by atoms with Crippen LogP contribution in [0.4, 0.5) is 0 Å². The van der Waals surface area contributed by atoms with E-state index < -0.39 is 0 Å². The number of rotatable bonds is 1. The molecule has 0 unspecified atom stereocenters. The molecule has 3 aromatic heterocycles. The minimum Gasteiger partial charge on any atom is -0.381 e. The first-order valence-corrected chi connectivity index (χ1v) is 8.98. The maximum absolute atomic E-state index is 5.43. The third kappa shape index (κ3) is 3.44. The number of fused-ring (bicyclic) bond motifs is 1. The topological polar surface area (TPSA) is 47.9 Å². The number of hydrogen-bond acceptors (Lipinski definition) is 4. The molecule has 1 aliphatic heterocycles. The van der Waals surface area contributed by atoms with Crippen molar-refractivity contribution < 1.29 is 4.74 Å². The summed E-state index contributed by atoms with van der Waals surface area (Å²) in [5, 5.41) is 2.14. The molecule has 0 saturated carbocycles. The second-order valence-electron chi connectivity index (χ2n) is 6.74. The Hall–Kier alpha value is -2.77. The quantitative estimate of drug-likeness (QED) is 0.628. The highest BCUT2D eigenvalue weighted by atomic mass is 16.5. The first-order chi connectivity index (χ1) is 12.7. The van der Waals surface area contributed by atoms with Gasteiger partial charge in [-0.05, 0) is 56.2 Å². The Morgan fingerprint density at radius 3 is 2.54 bits per heavy atom. The van der Waals surface area contributed by atoms with Gasteiger partial charge in [0.25, 0.3) is 0 Å². The Labute approximate surface area is 153 Å². The third-order valence-electron chi connectivity index (χ3n) is 4.91. The summed E-state index contributed by atoms with van der Waals surface area (Å²) in [4.78, 5) is 13.4. The van der Waals surface area contributed by atoms with Crippen LogP contribution in [-0.4, -0.2) is 28.2 Å². The molecule has 26 heavy (non-hydrogen) atoms. The Morgan fingerprint density at radius 1 is 0.923 bits per heavy atom. The highest BCUT2D eigenvalue weighted by molar-refractivity contribution is 5.89.